The number of carbonyl (C=O) groups excluding carboxylic acids is 3. The Morgan fingerprint density at radius 2 is 2.10 bits per heavy atom. The maximum absolute atomic E-state index is 12.8. The number of amides is 2. The van der Waals surface area contributed by atoms with E-state index in [1.165, 1.54) is 16.7 Å². The Hall–Kier alpha value is -2.52. The number of esters is 1. The second kappa shape index (κ2) is 8.46. The van der Waals surface area contributed by atoms with E-state index in [1.54, 1.807) is 0 Å². The molecule has 7 nitrogen and oxygen atoms in total. The minimum Gasteiger partial charge on any atom is -0.452 e. The van der Waals surface area contributed by atoms with Crippen molar-refractivity contribution in [2.75, 3.05) is 25.4 Å². The molecule has 150 valence electrons. The van der Waals surface area contributed by atoms with E-state index in [-0.39, 0.29) is 19.1 Å². The molecule has 1 aromatic carbocycles. The Kier molecular flexibility index (Phi) is 5.77. The van der Waals surface area contributed by atoms with Crippen molar-refractivity contribution < 1.29 is 19.1 Å². The molecule has 2 aromatic rings. The van der Waals surface area contributed by atoms with Crippen LogP contribution in [0.1, 0.15) is 28.0 Å². The van der Waals surface area contributed by atoms with Gasteiger partial charge in [-0.1, -0.05) is 42.2 Å². The third-order valence-electron chi connectivity index (χ3n) is 4.96. The van der Waals surface area contributed by atoms with Crippen molar-refractivity contribution in [2.45, 2.75) is 19.3 Å². The minimum absolute atomic E-state index is 0.0564. The zero-order chi connectivity index (χ0) is 20.4. The number of ether oxygens (including phenoxy) is 1. The first-order chi connectivity index (χ1) is 14.0. The van der Waals surface area contributed by atoms with Crippen molar-refractivity contribution >= 4 is 57.0 Å². The van der Waals surface area contributed by atoms with Crippen LogP contribution >= 0.6 is 24.0 Å². The first kappa shape index (κ1) is 19.8. The summed E-state index contributed by atoms with van der Waals surface area (Å²) < 4.78 is 5.82. The molecule has 1 fully saturated rings. The van der Waals surface area contributed by atoms with Crippen molar-refractivity contribution in [1.29, 1.82) is 0 Å². The number of thiocarbonyl (C=S) groups is 1. The van der Waals surface area contributed by atoms with Gasteiger partial charge in [0.15, 0.2) is 6.61 Å². The average molecular weight is 430 g/mol. The quantitative estimate of drug-likeness (QED) is 0.554. The molecular formula is C20H19N3O4S2. The van der Waals surface area contributed by atoms with E-state index < -0.39 is 11.9 Å². The molecule has 0 spiro atoms. The highest BCUT2D eigenvalue weighted by atomic mass is 32.2. The van der Waals surface area contributed by atoms with Gasteiger partial charge in [-0.2, -0.15) is 0 Å². The third kappa shape index (κ3) is 4.11. The van der Waals surface area contributed by atoms with Crippen LogP contribution in [0.5, 0.6) is 0 Å². The molecule has 4 rings (SSSR count). The van der Waals surface area contributed by atoms with Gasteiger partial charge in [-0.15, -0.1) is 0 Å². The lowest BCUT2D eigenvalue weighted by atomic mass is 10.0. The van der Waals surface area contributed by atoms with E-state index >= 15 is 0 Å². The predicted octanol–water partition coefficient (Wildman–Crippen LogP) is 1.86. The molecule has 1 N–H and O–H groups in total. The Bertz CT molecular complexity index is 1010. The number of aryl methyl sites for hydroxylation is 1. The largest absolute Gasteiger partial charge is 0.452 e. The molecule has 1 aliphatic heterocycles. The Balaban J connectivity index is 1.37. The number of nitrogens with zero attached hydrogens (tertiary/aromatic N) is 2. The number of benzene rings is 1. The highest BCUT2D eigenvalue weighted by molar-refractivity contribution is 8.23. The van der Waals surface area contributed by atoms with Crippen LogP contribution in [0.25, 0.3) is 10.9 Å². The first-order valence-corrected chi connectivity index (χ1v) is 10.8. The minimum atomic E-state index is -0.510. The van der Waals surface area contributed by atoms with E-state index in [4.69, 9.17) is 17.0 Å². The van der Waals surface area contributed by atoms with E-state index in [1.807, 2.05) is 24.3 Å². The smallest absolute Gasteiger partial charge is 0.339 e. The number of rotatable bonds is 6. The van der Waals surface area contributed by atoms with E-state index in [0.717, 1.165) is 41.4 Å². The second-order valence-corrected chi connectivity index (χ2v) is 8.42. The van der Waals surface area contributed by atoms with Crippen molar-refractivity contribution in [3.63, 3.8) is 0 Å². The van der Waals surface area contributed by atoms with Crippen molar-refractivity contribution in [1.82, 2.24) is 15.2 Å². The lowest BCUT2D eigenvalue weighted by Gasteiger charge is -2.15. The summed E-state index contributed by atoms with van der Waals surface area (Å²) in [7, 11) is 0. The van der Waals surface area contributed by atoms with Gasteiger partial charge in [0, 0.05) is 24.2 Å². The summed E-state index contributed by atoms with van der Waals surface area (Å²) in [6.07, 6.45) is 2.58. The maximum atomic E-state index is 12.8. The lowest BCUT2D eigenvalue weighted by molar-refractivity contribution is -0.126. The monoisotopic (exact) mass is 429 g/mol. The van der Waals surface area contributed by atoms with Crippen LogP contribution in [0.15, 0.2) is 24.3 Å². The van der Waals surface area contributed by atoms with E-state index in [9.17, 15) is 14.4 Å². The number of hydrogen-bond acceptors (Lipinski definition) is 7. The Morgan fingerprint density at radius 1 is 1.28 bits per heavy atom. The van der Waals surface area contributed by atoms with E-state index in [2.05, 4.69) is 10.3 Å². The van der Waals surface area contributed by atoms with Gasteiger partial charge in [0.25, 0.3) is 5.91 Å². The fraction of sp³-hybridized carbons (Fsp3) is 0.350. The van der Waals surface area contributed by atoms with Crippen LogP contribution in [0.3, 0.4) is 0 Å². The van der Waals surface area contributed by atoms with Crippen LogP contribution in [0, 0.1) is 0 Å². The molecule has 0 unspecified atom stereocenters. The number of para-hydroxylation sites is 1. The van der Waals surface area contributed by atoms with Crippen molar-refractivity contribution in [3.8, 4) is 0 Å². The van der Waals surface area contributed by atoms with Gasteiger partial charge in [0.1, 0.15) is 4.32 Å². The zero-order valence-electron chi connectivity index (χ0n) is 15.6. The van der Waals surface area contributed by atoms with Gasteiger partial charge < -0.3 is 10.1 Å². The molecule has 29 heavy (non-hydrogen) atoms. The third-order valence-corrected chi connectivity index (χ3v) is 6.39. The van der Waals surface area contributed by atoms with Crippen molar-refractivity contribution in [3.05, 3.63) is 41.1 Å². The van der Waals surface area contributed by atoms with Gasteiger partial charge in [0.2, 0.25) is 5.91 Å². The van der Waals surface area contributed by atoms with Gasteiger partial charge in [-0.25, -0.2) is 4.79 Å². The summed E-state index contributed by atoms with van der Waals surface area (Å²) in [5.74, 6) is -0.643. The van der Waals surface area contributed by atoms with Gasteiger partial charge in [0.05, 0.1) is 16.8 Å². The highest BCUT2D eigenvalue weighted by Gasteiger charge is 2.27. The number of hydrogen-bond donors (Lipinski definition) is 1. The summed E-state index contributed by atoms with van der Waals surface area (Å²) >= 11 is 6.41. The zero-order valence-corrected chi connectivity index (χ0v) is 17.2. The summed E-state index contributed by atoms with van der Waals surface area (Å²) in [5, 5.41) is 3.40. The molecule has 1 saturated heterocycles. The number of thioether (sulfide) groups is 1. The molecule has 0 atom stereocenters. The summed E-state index contributed by atoms with van der Waals surface area (Å²) in [6.45, 7) is 0.181. The number of fused-ring (bicyclic) bond motifs is 2. The second-order valence-electron chi connectivity index (χ2n) is 6.81. The SMILES string of the molecule is O=C(COC(=O)c1c2c(nc3ccccc13)CCC2)NCCN1C(=O)CSC1=S. The summed E-state index contributed by atoms with van der Waals surface area (Å²) in [4.78, 5) is 42.6. The molecule has 1 aliphatic carbocycles. The lowest BCUT2D eigenvalue weighted by Crippen LogP contribution is -2.38. The Morgan fingerprint density at radius 3 is 2.90 bits per heavy atom. The molecule has 0 bridgehead atoms. The molecule has 2 heterocycles. The van der Waals surface area contributed by atoms with Crippen LogP contribution in [-0.4, -0.2) is 57.4 Å². The number of pyridine rings is 1. The van der Waals surface area contributed by atoms with Crippen molar-refractivity contribution in [2.24, 2.45) is 0 Å². The predicted molar refractivity (Wildman–Crippen MR) is 114 cm³/mol. The summed E-state index contributed by atoms with van der Waals surface area (Å²) in [6, 6.07) is 7.47. The molecule has 0 saturated carbocycles. The Labute approximate surface area is 177 Å². The maximum Gasteiger partial charge on any atom is 0.339 e. The van der Waals surface area contributed by atoms with Crippen LogP contribution in [0.4, 0.5) is 0 Å². The van der Waals surface area contributed by atoms with Crippen LogP contribution in [0.2, 0.25) is 0 Å². The van der Waals surface area contributed by atoms with Crippen LogP contribution < -0.4 is 5.32 Å². The molecule has 2 aliphatic rings. The number of aromatic nitrogens is 1. The number of nitrogens with one attached hydrogen (secondary N) is 1. The molecular weight excluding hydrogens is 410 g/mol. The highest BCUT2D eigenvalue weighted by Crippen LogP contribution is 2.30. The first-order valence-electron chi connectivity index (χ1n) is 9.36. The van der Waals surface area contributed by atoms with E-state index in [0.29, 0.717) is 22.2 Å². The van der Waals surface area contributed by atoms with Gasteiger partial charge in [-0.05, 0) is 30.9 Å². The number of carbonyl (C=O) groups is 3. The average Bonchev–Trinajstić information content (AvgIpc) is 3.31. The normalized spacial score (nSPS) is 15.7. The molecule has 0 radical (unpaired) electrons. The van der Waals surface area contributed by atoms with Crippen LogP contribution in [-0.2, 0) is 27.2 Å². The summed E-state index contributed by atoms with van der Waals surface area (Å²) in [5.41, 5.74) is 3.13. The van der Waals surface area contributed by atoms with Gasteiger partial charge >= 0.3 is 5.97 Å². The molecule has 9 heteroatoms. The van der Waals surface area contributed by atoms with Gasteiger partial charge in [-0.3, -0.25) is 19.5 Å². The topological polar surface area (TPSA) is 88.6 Å². The fourth-order valence-corrected chi connectivity index (χ4v) is 4.72. The standard InChI is InChI=1S/C20H19N3O4S2/c24-16(21-8-9-23-17(25)11-29-20(23)28)10-27-19(26)18-12-4-1-2-6-14(12)22-15-7-3-5-13(15)18/h1-2,4,6H,3,5,7-11H2,(H,21,24). The molecule has 1 aromatic heterocycles. The fourth-order valence-electron chi connectivity index (χ4n) is 3.60. The molecule has 2 amide bonds.